The van der Waals surface area contributed by atoms with E-state index >= 15 is 0 Å². The Balaban J connectivity index is 0.000000405. The third-order valence-corrected chi connectivity index (χ3v) is 2.71. The summed E-state index contributed by atoms with van der Waals surface area (Å²) in [5, 5.41) is 1.37. The SMILES string of the molecule is C1C[NH+]2CCSC2=N1.[Cl-]. The van der Waals surface area contributed by atoms with Crippen molar-refractivity contribution in [2.75, 3.05) is 25.4 Å². The Labute approximate surface area is 65.1 Å². The fraction of sp³-hybridized carbons (Fsp3) is 0.800. The highest BCUT2D eigenvalue weighted by Crippen LogP contribution is 2.05. The normalized spacial score (nSPS) is 31.1. The van der Waals surface area contributed by atoms with Gasteiger partial charge in [-0.05, 0) is 11.8 Å². The average Bonchev–Trinajstić information content (AvgIpc) is 2.15. The number of quaternary nitrogens is 1. The molecule has 1 atom stereocenters. The number of thioether (sulfide) groups is 1. The summed E-state index contributed by atoms with van der Waals surface area (Å²) in [5.74, 6) is 1.29. The van der Waals surface area contributed by atoms with Crippen LogP contribution in [0.25, 0.3) is 0 Å². The molecule has 1 unspecified atom stereocenters. The van der Waals surface area contributed by atoms with Gasteiger partial charge in [-0.25, -0.2) is 4.99 Å². The number of hydrogen-bond donors (Lipinski definition) is 1. The topological polar surface area (TPSA) is 16.8 Å². The largest absolute Gasteiger partial charge is 1.00 e. The minimum Gasteiger partial charge on any atom is -1.00 e. The maximum atomic E-state index is 4.34. The zero-order valence-corrected chi connectivity index (χ0v) is 6.63. The Morgan fingerprint density at radius 3 is 3.11 bits per heavy atom. The minimum atomic E-state index is 0. The predicted octanol–water partition coefficient (Wildman–Crippen LogP) is -4.01. The number of amidine groups is 1. The van der Waals surface area contributed by atoms with E-state index in [1.807, 2.05) is 11.8 Å². The molecule has 0 aliphatic carbocycles. The quantitative estimate of drug-likeness (QED) is 0.386. The fourth-order valence-corrected chi connectivity index (χ4v) is 2.29. The predicted molar refractivity (Wildman–Crippen MR) is 35.5 cm³/mol. The van der Waals surface area contributed by atoms with Gasteiger partial charge in [-0.2, -0.15) is 0 Å². The Hall–Kier alpha value is 0.270. The summed E-state index contributed by atoms with van der Waals surface area (Å²) in [6.45, 7) is 3.63. The number of halogens is 1. The van der Waals surface area contributed by atoms with Gasteiger partial charge >= 0.3 is 0 Å². The van der Waals surface area contributed by atoms with Crippen molar-refractivity contribution in [2.45, 2.75) is 0 Å². The molecule has 1 N–H and O–H groups in total. The molecule has 1 fully saturated rings. The molecule has 2 rings (SSSR count). The van der Waals surface area contributed by atoms with Gasteiger partial charge in [-0.15, -0.1) is 0 Å². The van der Waals surface area contributed by atoms with Gasteiger partial charge in [0.1, 0.15) is 6.54 Å². The lowest BCUT2D eigenvalue weighted by Crippen LogP contribution is -3.11. The number of hydrogen-bond acceptors (Lipinski definition) is 2. The summed E-state index contributed by atoms with van der Waals surface area (Å²) < 4.78 is 0. The summed E-state index contributed by atoms with van der Waals surface area (Å²) >= 11 is 1.93. The van der Waals surface area contributed by atoms with Gasteiger partial charge in [-0.1, -0.05) is 0 Å². The van der Waals surface area contributed by atoms with Crippen LogP contribution in [0.15, 0.2) is 4.99 Å². The molecule has 4 heteroatoms. The summed E-state index contributed by atoms with van der Waals surface area (Å²) in [4.78, 5) is 5.96. The lowest BCUT2D eigenvalue weighted by Gasteiger charge is -1.99. The summed E-state index contributed by atoms with van der Waals surface area (Å²) in [7, 11) is 0. The van der Waals surface area contributed by atoms with Gasteiger partial charge in [0.05, 0.1) is 18.8 Å². The van der Waals surface area contributed by atoms with Crippen molar-refractivity contribution in [2.24, 2.45) is 4.99 Å². The molecule has 0 aromatic carbocycles. The Morgan fingerprint density at radius 1 is 1.44 bits per heavy atom. The second-order valence-corrected chi connectivity index (χ2v) is 3.22. The van der Waals surface area contributed by atoms with Gasteiger partial charge in [0, 0.05) is 0 Å². The standard InChI is InChI=1S/C5H8N2S.ClH/c1-2-7-3-4-8-5(7)6-1;/h1-4H2;1H. The molecular formula is C5H9ClN2S. The smallest absolute Gasteiger partial charge is 0.257 e. The molecule has 2 nitrogen and oxygen atoms in total. The Morgan fingerprint density at radius 2 is 2.33 bits per heavy atom. The summed E-state index contributed by atoms with van der Waals surface area (Å²) in [6, 6.07) is 0. The van der Waals surface area contributed by atoms with Gasteiger partial charge in [0.15, 0.2) is 0 Å². The van der Waals surface area contributed by atoms with Crippen LogP contribution in [0.1, 0.15) is 0 Å². The number of fused-ring (bicyclic) bond motifs is 1. The minimum absolute atomic E-state index is 0. The lowest BCUT2D eigenvalue weighted by atomic mass is 10.6. The van der Waals surface area contributed by atoms with Crippen LogP contribution in [0.2, 0.25) is 0 Å². The first-order valence-electron chi connectivity index (χ1n) is 2.99. The van der Waals surface area contributed by atoms with Gasteiger partial charge in [-0.3, -0.25) is 4.90 Å². The van der Waals surface area contributed by atoms with Crippen LogP contribution in [0.4, 0.5) is 0 Å². The van der Waals surface area contributed by atoms with Crippen molar-refractivity contribution in [3.63, 3.8) is 0 Å². The molecular weight excluding hydrogens is 156 g/mol. The van der Waals surface area contributed by atoms with Crippen LogP contribution in [0, 0.1) is 0 Å². The summed E-state index contributed by atoms with van der Waals surface area (Å²) in [5.41, 5.74) is 0. The van der Waals surface area contributed by atoms with Crippen LogP contribution in [-0.2, 0) is 0 Å². The van der Waals surface area contributed by atoms with Gasteiger partial charge in [0.25, 0.3) is 5.17 Å². The second-order valence-electron chi connectivity index (χ2n) is 2.14. The third kappa shape index (κ3) is 1.23. The van der Waals surface area contributed by atoms with Crippen LogP contribution in [-0.4, -0.2) is 30.6 Å². The monoisotopic (exact) mass is 164 g/mol. The van der Waals surface area contributed by atoms with E-state index in [1.165, 1.54) is 24.0 Å². The molecule has 1 saturated heterocycles. The van der Waals surface area contributed by atoms with E-state index < -0.39 is 0 Å². The number of aliphatic imine (C=N–C) groups is 1. The molecule has 52 valence electrons. The highest BCUT2D eigenvalue weighted by molar-refractivity contribution is 8.13. The van der Waals surface area contributed by atoms with Gasteiger partial charge in [0.2, 0.25) is 0 Å². The molecule has 2 aliphatic heterocycles. The molecule has 0 radical (unpaired) electrons. The zero-order chi connectivity index (χ0) is 5.40. The van der Waals surface area contributed by atoms with E-state index in [2.05, 4.69) is 4.99 Å². The Kier molecular flexibility index (Phi) is 2.38. The second kappa shape index (κ2) is 2.90. The zero-order valence-electron chi connectivity index (χ0n) is 5.06. The van der Waals surface area contributed by atoms with E-state index in [4.69, 9.17) is 0 Å². The molecule has 0 bridgehead atoms. The third-order valence-electron chi connectivity index (χ3n) is 1.61. The van der Waals surface area contributed by atoms with Crippen LogP contribution in [0.5, 0.6) is 0 Å². The van der Waals surface area contributed by atoms with E-state index in [-0.39, 0.29) is 12.4 Å². The maximum Gasteiger partial charge on any atom is 0.257 e. The number of rotatable bonds is 0. The molecule has 9 heavy (non-hydrogen) atoms. The van der Waals surface area contributed by atoms with Crippen molar-refractivity contribution in [3.8, 4) is 0 Å². The van der Waals surface area contributed by atoms with Crippen molar-refractivity contribution >= 4 is 16.9 Å². The van der Waals surface area contributed by atoms with E-state index in [0.29, 0.717) is 0 Å². The molecule has 0 aromatic heterocycles. The van der Waals surface area contributed by atoms with Crippen LogP contribution < -0.4 is 17.3 Å². The van der Waals surface area contributed by atoms with Crippen molar-refractivity contribution in [1.29, 1.82) is 0 Å². The fourth-order valence-electron chi connectivity index (χ4n) is 1.16. The molecule has 0 aromatic rings. The molecule has 2 aliphatic rings. The summed E-state index contributed by atoms with van der Waals surface area (Å²) in [6.07, 6.45) is 0. The lowest BCUT2D eigenvalue weighted by molar-refractivity contribution is -0.787. The first kappa shape index (κ1) is 7.38. The van der Waals surface area contributed by atoms with Crippen molar-refractivity contribution in [1.82, 2.24) is 0 Å². The van der Waals surface area contributed by atoms with Crippen molar-refractivity contribution < 1.29 is 17.3 Å². The van der Waals surface area contributed by atoms with E-state index in [0.717, 1.165) is 6.54 Å². The first-order valence-corrected chi connectivity index (χ1v) is 3.98. The van der Waals surface area contributed by atoms with E-state index in [1.54, 1.807) is 4.90 Å². The maximum absolute atomic E-state index is 4.34. The molecule has 2 heterocycles. The van der Waals surface area contributed by atoms with Crippen LogP contribution in [0.3, 0.4) is 0 Å². The average molecular weight is 165 g/mol. The van der Waals surface area contributed by atoms with Gasteiger partial charge < -0.3 is 12.4 Å². The highest BCUT2D eigenvalue weighted by Gasteiger charge is 2.28. The highest BCUT2D eigenvalue weighted by atomic mass is 35.5. The van der Waals surface area contributed by atoms with Crippen molar-refractivity contribution in [3.05, 3.63) is 0 Å². The van der Waals surface area contributed by atoms with Crippen LogP contribution >= 0.6 is 11.8 Å². The van der Waals surface area contributed by atoms with E-state index in [9.17, 15) is 0 Å². The number of nitrogens with zero attached hydrogens (tertiary/aromatic N) is 1. The first-order chi connectivity index (χ1) is 3.97. The number of nitrogens with one attached hydrogen (secondary N) is 1. The molecule has 0 amide bonds. The Bertz CT molecular complexity index is 137. The molecule has 0 spiro atoms. The molecule has 0 saturated carbocycles.